The van der Waals surface area contributed by atoms with Crippen molar-refractivity contribution in [3.05, 3.63) is 92.4 Å². The molecule has 0 atom stereocenters. The molecule has 2 amide bonds. The molecule has 178 valence electrons. The number of amides is 2. The maximum atomic E-state index is 13.0. The van der Waals surface area contributed by atoms with Crippen LogP contribution < -0.4 is 5.32 Å². The van der Waals surface area contributed by atoms with Gasteiger partial charge in [-0.25, -0.2) is 0 Å². The van der Waals surface area contributed by atoms with E-state index in [0.29, 0.717) is 43.9 Å². The van der Waals surface area contributed by atoms with Gasteiger partial charge in [0, 0.05) is 52.6 Å². The molecule has 0 unspecified atom stereocenters. The van der Waals surface area contributed by atoms with Crippen molar-refractivity contribution in [2.45, 2.75) is 6.54 Å². The Morgan fingerprint density at radius 3 is 2.29 bits per heavy atom. The summed E-state index contributed by atoms with van der Waals surface area (Å²) in [6, 6.07) is 21.1. The van der Waals surface area contributed by atoms with E-state index in [-0.39, 0.29) is 11.8 Å². The van der Waals surface area contributed by atoms with Crippen LogP contribution in [0, 0.1) is 0 Å². The Hall–Kier alpha value is -3.17. The summed E-state index contributed by atoms with van der Waals surface area (Å²) in [6.45, 7) is 2.64. The SMILES string of the molecule is O=C(c1ccc(CNc2n[nH]c3ccccc23)cc1)N1CCN(C(=O)c2ccc(Br)cc2Br)CC1. The first-order chi connectivity index (χ1) is 17.0. The Kier molecular flexibility index (Phi) is 6.88. The number of hydrogen-bond acceptors (Lipinski definition) is 4. The van der Waals surface area contributed by atoms with Crippen LogP contribution in [-0.2, 0) is 6.54 Å². The third kappa shape index (κ3) is 5.11. The van der Waals surface area contributed by atoms with Gasteiger partial charge in [0.25, 0.3) is 11.8 Å². The van der Waals surface area contributed by atoms with Crippen molar-refractivity contribution in [3.63, 3.8) is 0 Å². The molecule has 1 aliphatic rings. The Bertz CT molecular complexity index is 1380. The molecule has 0 radical (unpaired) electrons. The highest BCUT2D eigenvalue weighted by Crippen LogP contribution is 2.24. The highest BCUT2D eigenvalue weighted by molar-refractivity contribution is 9.11. The van der Waals surface area contributed by atoms with Gasteiger partial charge in [-0.2, -0.15) is 5.10 Å². The number of rotatable bonds is 5. The number of aromatic amines is 1. The van der Waals surface area contributed by atoms with E-state index in [9.17, 15) is 9.59 Å². The van der Waals surface area contributed by atoms with E-state index in [2.05, 4.69) is 47.4 Å². The number of nitrogens with one attached hydrogen (secondary N) is 2. The first-order valence-electron chi connectivity index (χ1n) is 11.3. The molecule has 0 saturated carbocycles. The molecular formula is C26H23Br2N5O2. The minimum Gasteiger partial charge on any atom is -0.364 e. The first kappa shape index (κ1) is 23.6. The molecule has 0 bridgehead atoms. The summed E-state index contributed by atoms with van der Waals surface area (Å²) in [6.07, 6.45) is 0. The van der Waals surface area contributed by atoms with Crippen molar-refractivity contribution in [3.8, 4) is 0 Å². The number of nitrogens with zero attached hydrogens (tertiary/aromatic N) is 3. The van der Waals surface area contributed by atoms with Gasteiger partial charge >= 0.3 is 0 Å². The summed E-state index contributed by atoms with van der Waals surface area (Å²) < 4.78 is 1.67. The molecule has 35 heavy (non-hydrogen) atoms. The minimum atomic E-state index is -0.0296. The highest BCUT2D eigenvalue weighted by atomic mass is 79.9. The third-order valence-electron chi connectivity index (χ3n) is 6.15. The molecule has 7 nitrogen and oxygen atoms in total. The van der Waals surface area contributed by atoms with Gasteiger partial charge in [0.05, 0.1) is 11.1 Å². The fraction of sp³-hybridized carbons (Fsp3) is 0.192. The van der Waals surface area contributed by atoms with E-state index >= 15 is 0 Å². The van der Waals surface area contributed by atoms with Crippen molar-refractivity contribution in [2.24, 2.45) is 0 Å². The number of anilines is 1. The second-order valence-corrected chi connectivity index (χ2v) is 10.1. The van der Waals surface area contributed by atoms with Crippen LogP contribution in [0.2, 0.25) is 0 Å². The van der Waals surface area contributed by atoms with Gasteiger partial charge in [-0.15, -0.1) is 0 Å². The molecular weight excluding hydrogens is 574 g/mol. The molecule has 3 aromatic carbocycles. The van der Waals surface area contributed by atoms with Gasteiger partial charge in [0.2, 0.25) is 0 Å². The number of hydrogen-bond donors (Lipinski definition) is 2. The molecule has 2 N–H and O–H groups in total. The molecule has 2 heterocycles. The number of carbonyl (C=O) groups is 2. The van der Waals surface area contributed by atoms with E-state index in [4.69, 9.17) is 0 Å². The van der Waals surface area contributed by atoms with Gasteiger partial charge in [0.15, 0.2) is 5.82 Å². The summed E-state index contributed by atoms with van der Waals surface area (Å²) in [4.78, 5) is 29.5. The summed E-state index contributed by atoms with van der Waals surface area (Å²) in [5.74, 6) is 0.765. The lowest BCUT2D eigenvalue weighted by molar-refractivity contribution is 0.0535. The zero-order chi connectivity index (χ0) is 24.4. The van der Waals surface area contributed by atoms with Gasteiger partial charge in [-0.1, -0.05) is 40.2 Å². The first-order valence-corrected chi connectivity index (χ1v) is 12.9. The van der Waals surface area contributed by atoms with Crippen molar-refractivity contribution >= 4 is 60.4 Å². The largest absolute Gasteiger partial charge is 0.364 e. The topological polar surface area (TPSA) is 81.3 Å². The summed E-state index contributed by atoms with van der Waals surface area (Å²) >= 11 is 6.88. The van der Waals surface area contributed by atoms with Gasteiger partial charge in [-0.3, -0.25) is 14.7 Å². The maximum Gasteiger partial charge on any atom is 0.255 e. The second-order valence-electron chi connectivity index (χ2n) is 8.38. The van der Waals surface area contributed by atoms with Crippen LogP contribution in [0.25, 0.3) is 10.9 Å². The van der Waals surface area contributed by atoms with Gasteiger partial charge in [0.1, 0.15) is 0 Å². The van der Waals surface area contributed by atoms with E-state index in [0.717, 1.165) is 31.2 Å². The number of carbonyl (C=O) groups excluding carboxylic acids is 2. The zero-order valence-corrected chi connectivity index (χ0v) is 22.0. The number of para-hydroxylation sites is 1. The van der Waals surface area contributed by atoms with Crippen molar-refractivity contribution in [2.75, 3.05) is 31.5 Å². The molecule has 0 aliphatic carbocycles. The van der Waals surface area contributed by atoms with E-state index in [1.54, 1.807) is 11.0 Å². The number of piperazine rings is 1. The molecule has 1 aliphatic heterocycles. The third-order valence-corrected chi connectivity index (χ3v) is 7.30. The van der Waals surface area contributed by atoms with Crippen LogP contribution in [-0.4, -0.2) is 58.0 Å². The quantitative estimate of drug-likeness (QED) is 0.328. The molecule has 1 aromatic heterocycles. The average molecular weight is 597 g/mol. The summed E-state index contributed by atoms with van der Waals surface area (Å²) in [5.41, 5.74) is 3.32. The minimum absolute atomic E-state index is 0.0141. The fourth-order valence-corrected chi connectivity index (χ4v) is 5.39. The Morgan fingerprint density at radius 1 is 0.886 bits per heavy atom. The van der Waals surface area contributed by atoms with Gasteiger partial charge in [-0.05, 0) is 64.0 Å². The Labute approximate surface area is 219 Å². The van der Waals surface area contributed by atoms with Crippen LogP contribution in [0.1, 0.15) is 26.3 Å². The molecule has 5 rings (SSSR count). The number of benzene rings is 3. The zero-order valence-electron chi connectivity index (χ0n) is 18.8. The number of halogens is 2. The standard InChI is InChI=1S/C26H23Br2N5O2/c27-19-9-10-20(22(28)15-19)26(35)33-13-11-32(12-14-33)25(34)18-7-5-17(6-8-18)16-29-24-21-3-1-2-4-23(21)30-31-24/h1-10,15H,11-14,16H2,(H2,29,30,31). The number of fused-ring (bicyclic) bond motifs is 1. The van der Waals surface area contributed by atoms with E-state index in [1.165, 1.54) is 0 Å². The van der Waals surface area contributed by atoms with E-state index in [1.807, 2.05) is 65.6 Å². The van der Waals surface area contributed by atoms with Crippen molar-refractivity contribution < 1.29 is 9.59 Å². The second kappa shape index (κ2) is 10.2. The van der Waals surface area contributed by atoms with Crippen molar-refractivity contribution in [1.29, 1.82) is 0 Å². The average Bonchev–Trinajstić information content (AvgIpc) is 3.30. The lowest BCUT2D eigenvalue weighted by Crippen LogP contribution is -2.50. The highest BCUT2D eigenvalue weighted by Gasteiger charge is 2.26. The van der Waals surface area contributed by atoms with Crippen LogP contribution >= 0.6 is 31.9 Å². The van der Waals surface area contributed by atoms with Crippen LogP contribution in [0.5, 0.6) is 0 Å². The van der Waals surface area contributed by atoms with Crippen molar-refractivity contribution in [1.82, 2.24) is 20.0 Å². The Morgan fingerprint density at radius 2 is 1.57 bits per heavy atom. The molecule has 1 saturated heterocycles. The Balaban J connectivity index is 1.16. The smallest absolute Gasteiger partial charge is 0.255 e. The summed E-state index contributed by atoms with van der Waals surface area (Å²) in [5, 5.41) is 11.7. The molecule has 9 heteroatoms. The van der Waals surface area contributed by atoms with Crippen LogP contribution in [0.4, 0.5) is 5.82 Å². The fourth-order valence-electron chi connectivity index (χ4n) is 4.18. The van der Waals surface area contributed by atoms with Crippen LogP contribution in [0.3, 0.4) is 0 Å². The summed E-state index contributed by atoms with van der Waals surface area (Å²) in [7, 11) is 0. The predicted octanol–water partition coefficient (Wildman–Crippen LogP) is 5.30. The molecule has 0 spiro atoms. The molecule has 1 fully saturated rings. The normalized spacial score (nSPS) is 13.8. The number of H-pyrrole nitrogens is 1. The predicted molar refractivity (Wildman–Crippen MR) is 144 cm³/mol. The van der Waals surface area contributed by atoms with E-state index < -0.39 is 0 Å². The maximum absolute atomic E-state index is 13.0. The lowest BCUT2D eigenvalue weighted by atomic mass is 10.1. The molecule has 4 aromatic rings. The van der Waals surface area contributed by atoms with Crippen LogP contribution in [0.15, 0.2) is 75.7 Å². The lowest BCUT2D eigenvalue weighted by Gasteiger charge is -2.35. The monoisotopic (exact) mass is 595 g/mol. The van der Waals surface area contributed by atoms with Gasteiger partial charge < -0.3 is 15.1 Å². The number of aromatic nitrogens is 2.